The Hall–Kier alpha value is -1.93. The van der Waals surface area contributed by atoms with Gasteiger partial charge in [-0.2, -0.15) is 0 Å². The Morgan fingerprint density at radius 3 is 2.32 bits per heavy atom. The number of benzene rings is 2. The Morgan fingerprint density at radius 1 is 1.00 bits per heavy atom. The fraction of sp³-hybridized carbons (Fsp3) is 0.417. The van der Waals surface area contributed by atoms with Crippen molar-refractivity contribution in [3.8, 4) is 0 Å². The summed E-state index contributed by atoms with van der Waals surface area (Å²) in [6.45, 7) is 3.63. The fourth-order valence-corrected chi connectivity index (χ4v) is 4.68. The number of hydrogen-bond donors (Lipinski definition) is 4. The van der Waals surface area contributed by atoms with Crippen molar-refractivity contribution in [2.24, 2.45) is 0 Å². The van der Waals surface area contributed by atoms with Crippen LogP contribution in [0.4, 0.5) is 0 Å². The number of aliphatic hydroxyl groups excluding tert-OH is 4. The van der Waals surface area contributed by atoms with Crippen LogP contribution in [0.3, 0.4) is 0 Å². The van der Waals surface area contributed by atoms with E-state index >= 15 is 0 Å². The van der Waals surface area contributed by atoms with E-state index in [9.17, 15) is 20.4 Å². The number of aromatic nitrogens is 1. The van der Waals surface area contributed by atoms with E-state index in [2.05, 4.69) is 31.2 Å². The van der Waals surface area contributed by atoms with Crippen LogP contribution in [0.5, 0.6) is 0 Å². The minimum atomic E-state index is -1.45. The fourth-order valence-electron chi connectivity index (χ4n) is 4.42. The molecule has 0 saturated carbocycles. The molecule has 4 rings (SSSR count). The summed E-state index contributed by atoms with van der Waals surface area (Å²) in [6, 6.07) is 12.2. The van der Waals surface area contributed by atoms with Crippen molar-refractivity contribution in [1.82, 2.24) is 4.57 Å². The van der Waals surface area contributed by atoms with Crippen LogP contribution in [-0.2, 0) is 17.6 Å². The SMILES string of the molecule is CCc1ccc(Cc2cn([C@@H]3O[C@H](CO)[C@@H](O)[C@H](O)[C@H]3O)c3cc(Cl)cc(C)c23)cc1. The maximum Gasteiger partial charge on any atom is 0.163 e. The molecule has 31 heavy (non-hydrogen) atoms. The van der Waals surface area contributed by atoms with Gasteiger partial charge >= 0.3 is 0 Å². The minimum Gasteiger partial charge on any atom is -0.394 e. The lowest BCUT2D eigenvalue weighted by Gasteiger charge is -2.40. The molecule has 1 aromatic heterocycles. The minimum absolute atomic E-state index is 0.475. The predicted octanol–water partition coefficient (Wildman–Crippen LogP) is 2.73. The summed E-state index contributed by atoms with van der Waals surface area (Å²) >= 11 is 6.34. The Labute approximate surface area is 186 Å². The first-order valence-corrected chi connectivity index (χ1v) is 10.9. The van der Waals surface area contributed by atoms with Crippen molar-refractivity contribution in [3.63, 3.8) is 0 Å². The van der Waals surface area contributed by atoms with Gasteiger partial charge in [0.15, 0.2) is 6.23 Å². The molecular weight excluding hydrogens is 418 g/mol. The molecule has 0 unspecified atom stereocenters. The molecule has 2 aromatic carbocycles. The van der Waals surface area contributed by atoms with Crippen LogP contribution in [0.1, 0.15) is 35.4 Å². The molecular formula is C24H28ClNO5. The second-order valence-corrected chi connectivity index (χ2v) is 8.68. The van der Waals surface area contributed by atoms with E-state index in [4.69, 9.17) is 16.3 Å². The lowest BCUT2D eigenvalue weighted by molar-refractivity contribution is -0.250. The number of aryl methyl sites for hydroxylation is 2. The molecule has 1 aliphatic heterocycles. The number of halogens is 1. The summed E-state index contributed by atoms with van der Waals surface area (Å²) in [6.07, 6.45) is -2.63. The van der Waals surface area contributed by atoms with Gasteiger partial charge in [0.2, 0.25) is 0 Å². The number of nitrogens with zero attached hydrogens (tertiary/aromatic N) is 1. The van der Waals surface area contributed by atoms with Crippen LogP contribution in [0.25, 0.3) is 10.9 Å². The number of aliphatic hydroxyl groups is 4. The summed E-state index contributed by atoms with van der Waals surface area (Å²) in [7, 11) is 0. The molecule has 0 bridgehead atoms. The van der Waals surface area contributed by atoms with E-state index in [1.54, 1.807) is 10.6 Å². The number of hydrogen-bond acceptors (Lipinski definition) is 5. The third-order valence-corrected chi connectivity index (χ3v) is 6.36. The molecule has 5 atom stereocenters. The van der Waals surface area contributed by atoms with Gasteiger partial charge in [-0.05, 0) is 54.2 Å². The molecule has 0 amide bonds. The monoisotopic (exact) mass is 445 g/mol. The predicted molar refractivity (Wildman–Crippen MR) is 119 cm³/mol. The highest BCUT2D eigenvalue weighted by molar-refractivity contribution is 6.31. The first kappa shape index (κ1) is 22.3. The highest BCUT2D eigenvalue weighted by atomic mass is 35.5. The van der Waals surface area contributed by atoms with Gasteiger partial charge < -0.3 is 29.7 Å². The second kappa shape index (κ2) is 8.90. The van der Waals surface area contributed by atoms with Crippen molar-refractivity contribution < 1.29 is 25.2 Å². The summed E-state index contributed by atoms with van der Waals surface area (Å²) in [5.74, 6) is 0. The number of ether oxygens (including phenoxy) is 1. The van der Waals surface area contributed by atoms with E-state index in [0.29, 0.717) is 11.4 Å². The molecule has 1 fully saturated rings. The molecule has 6 nitrogen and oxygen atoms in total. The normalized spacial score (nSPS) is 26.5. The van der Waals surface area contributed by atoms with E-state index in [1.165, 1.54) is 5.56 Å². The lowest BCUT2D eigenvalue weighted by Crippen LogP contribution is -2.56. The highest BCUT2D eigenvalue weighted by Crippen LogP contribution is 2.36. The van der Waals surface area contributed by atoms with Gasteiger partial charge in [0.05, 0.1) is 12.1 Å². The van der Waals surface area contributed by atoms with Crippen molar-refractivity contribution in [3.05, 3.63) is 69.9 Å². The maximum atomic E-state index is 10.7. The molecule has 0 radical (unpaired) electrons. The van der Waals surface area contributed by atoms with Gasteiger partial charge in [-0.1, -0.05) is 42.8 Å². The van der Waals surface area contributed by atoms with Crippen LogP contribution in [0.2, 0.25) is 5.02 Å². The Morgan fingerprint density at radius 2 is 1.68 bits per heavy atom. The maximum absolute atomic E-state index is 10.7. The Balaban J connectivity index is 1.80. The Bertz CT molecular complexity index is 1060. The quantitative estimate of drug-likeness (QED) is 0.484. The standard InChI is InChI=1S/C24H28ClNO5/c1-3-14-4-6-15(7-5-14)9-16-11-26(18-10-17(25)8-13(2)20(16)18)24-23(30)22(29)21(28)19(12-27)31-24/h4-8,10-11,19,21-24,27-30H,3,9,12H2,1-2H3/t19-,21-,22+,23-,24-/m1/s1. The first-order chi connectivity index (χ1) is 14.8. The van der Waals surface area contributed by atoms with Gasteiger partial charge in [0.1, 0.15) is 24.4 Å². The van der Waals surface area contributed by atoms with Crippen LogP contribution < -0.4 is 0 Å². The molecule has 7 heteroatoms. The summed E-state index contributed by atoms with van der Waals surface area (Å²) < 4.78 is 7.55. The molecule has 1 saturated heterocycles. The van der Waals surface area contributed by atoms with Crippen LogP contribution >= 0.6 is 11.6 Å². The molecule has 166 valence electrons. The van der Waals surface area contributed by atoms with E-state index in [-0.39, 0.29) is 0 Å². The summed E-state index contributed by atoms with van der Waals surface area (Å²) in [5, 5.41) is 42.2. The van der Waals surface area contributed by atoms with Gasteiger partial charge in [-0.25, -0.2) is 0 Å². The largest absolute Gasteiger partial charge is 0.394 e. The van der Waals surface area contributed by atoms with Crippen LogP contribution in [-0.4, -0.2) is 56.0 Å². The molecule has 1 aliphatic rings. The first-order valence-electron chi connectivity index (χ1n) is 10.5. The number of fused-ring (bicyclic) bond motifs is 1. The van der Waals surface area contributed by atoms with Crippen molar-refractivity contribution >= 4 is 22.5 Å². The summed E-state index contributed by atoms with van der Waals surface area (Å²) in [5.41, 5.74) is 5.21. The molecule has 4 N–H and O–H groups in total. The van der Waals surface area contributed by atoms with E-state index in [1.807, 2.05) is 19.2 Å². The zero-order valence-corrected chi connectivity index (χ0v) is 18.3. The third kappa shape index (κ3) is 4.12. The van der Waals surface area contributed by atoms with Gasteiger partial charge in [0.25, 0.3) is 0 Å². The van der Waals surface area contributed by atoms with Crippen molar-refractivity contribution in [1.29, 1.82) is 0 Å². The van der Waals surface area contributed by atoms with E-state index < -0.39 is 37.3 Å². The Kier molecular flexibility index (Phi) is 6.40. The lowest BCUT2D eigenvalue weighted by atomic mass is 9.98. The van der Waals surface area contributed by atoms with Crippen molar-refractivity contribution in [2.45, 2.75) is 57.3 Å². The molecule has 2 heterocycles. The van der Waals surface area contributed by atoms with E-state index in [0.717, 1.165) is 34.0 Å². The summed E-state index contributed by atoms with van der Waals surface area (Å²) in [4.78, 5) is 0. The zero-order valence-electron chi connectivity index (χ0n) is 17.6. The van der Waals surface area contributed by atoms with Gasteiger partial charge in [0, 0.05) is 16.6 Å². The smallest absolute Gasteiger partial charge is 0.163 e. The van der Waals surface area contributed by atoms with Crippen LogP contribution in [0, 0.1) is 6.92 Å². The average molecular weight is 446 g/mol. The average Bonchev–Trinajstić information content (AvgIpc) is 3.11. The zero-order chi connectivity index (χ0) is 22.3. The van der Waals surface area contributed by atoms with Gasteiger partial charge in [-0.15, -0.1) is 0 Å². The molecule has 0 aliphatic carbocycles. The number of rotatable bonds is 5. The topological polar surface area (TPSA) is 95.1 Å². The van der Waals surface area contributed by atoms with Crippen LogP contribution in [0.15, 0.2) is 42.6 Å². The third-order valence-electron chi connectivity index (χ3n) is 6.14. The van der Waals surface area contributed by atoms with Gasteiger partial charge in [-0.3, -0.25) is 0 Å². The second-order valence-electron chi connectivity index (χ2n) is 8.24. The molecule has 3 aromatic rings. The molecule has 0 spiro atoms. The van der Waals surface area contributed by atoms with Crippen molar-refractivity contribution in [2.75, 3.05) is 6.61 Å². The highest BCUT2D eigenvalue weighted by Gasteiger charge is 2.44.